The zero-order chi connectivity index (χ0) is 14.7. The van der Waals surface area contributed by atoms with Crippen LogP contribution in [0.1, 0.15) is 24.3 Å². The molecule has 0 fully saturated rings. The van der Waals surface area contributed by atoms with Gasteiger partial charge in [0.1, 0.15) is 5.02 Å². The van der Waals surface area contributed by atoms with Gasteiger partial charge in [0.25, 0.3) is 0 Å². The molecule has 1 aromatic heterocycles. The van der Waals surface area contributed by atoms with Crippen molar-refractivity contribution in [2.45, 2.75) is 20.4 Å². The molecular formula is C14H14BrClN2O2. The van der Waals surface area contributed by atoms with Crippen LogP contribution in [0.25, 0.3) is 11.3 Å². The molecule has 0 unspecified atom stereocenters. The summed E-state index contributed by atoms with van der Waals surface area (Å²) in [6.45, 7) is 4.60. The fourth-order valence-electron chi connectivity index (χ4n) is 1.88. The van der Waals surface area contributed by atoms with Gasteiger partial charge < -0.3 is 4.74 Å². The zero-order valence-electron chi connectivity index (χ0n) is 11.2. The summed E-state index contributed by atoms with van der Waals surface area (Å²) in [6, 6.07) is 7.69. The first kappa shape index (κ1) is 15.1. The maximum Gasteiger partial charge on any atom is 0.360 e. The molecule has 2 rings (SSSR count). The largest absolute Gasteiger partial charge is 0.461 e. The maximum atomic E-state index is 11.8. The molecule has 0 aliphatic carbocycles. The van der Waals surface area contributed by atoms with Gasteiger partial charge in [0.05, 0.1) is 12.3 Å². The minimum Gasteiger partial charge on any atom is -0.461 e. The van der Waals surface area contributed by atoms with Crippen molar-refractivity contribution in [2.24, 2.45) is 0 Å². The number of hydrogen-bond donors (Lipinski definition) is 0. The molecule has 0 spiro atoms. The summed E-state index contributed by atoms with van der Waals surface area (Å²) in [6.07, 6.45) is 0. The van der Waals surface area contributed by atoms with Crippen LogP contribution in [0.4, 0.5) is 0 Å². The minimum atomic E-state index is -0.497. The Morgan fingerprint density at radius 1 is 1.35 bits per heavy atom. The molecule has 6 heteroatoms. The van der Waals surface area contributed by atoms with Crippen LogP contribution in [-0.4, -0.2) is 22.4 Å². The Balaban J connectivity index is 2.52. The fraction of sp³-hybridized carbons (Fsp3) is 0.286. The van der Waals surface area contributed by atoms with E-state index in [4.69, 9.17) is 16.3 Å². The van der Waals surface area contributed by atoms with E-state index in [1.165, 1.54) is 0 Å². The van der Waals surface area contributed by atoms with Crippen molar-refractivity contribution in [1.29, 1.82) is 0 Å². The normalized spacial score (nSPS) is 10.6. The Morgan fingerprint density at radius 2 is 2.00 bits per heavy atom. The first-order chi connectivity index (χ1) is 9.58. The number of aryl methyl sites for hydroxylation is 1. The lowest BCUT2D eigenvalue weighted by atomic mass is 10.1. The first-order valence-corrected chi connectivity index (χ1v) is 7.44. The van der Waals surface area contributed by atoms with Crippen molar-refractivity contribution in [3.8, 4) is 11.3 Å². The van der Waals surface area contributed by atoms with Crippen LogP contribution in [0.15, 0.2) is 28.7 Å². The summed E-state index contributed by atoms with van der Waals surface area (Å²) in [5.74, 6) is -0.497. The van der Waals surface area contributed by atoms with E-state index in [9.17, 15) is 4.79 Å². The van der Waals surface area contributed by atoms with E-state index >= 15 is 0 Å². The van der Waals surface area contributed by atoms with Crippen LogP contribution in [0.5, 0.6) is 0 Å². The lowest BCUT2D eigenvalue weighted by molar-refractivity contribution is 0.0518. The number of carbonyl (C=O) groups is 1. The number of halogens is 2. The molecule has 0 aliphatic heterocycles. The third-order valence-corrected chi connectivity index (χ3v) is 3.67. The molecule has 1 aromatic carbocycles. The Labute approximate surface area is 130 Å². The molecule has 106 valence electrons. The maximum absolute atomic E-state index is 11.8. The summed E-state index contributed by atoms with van der Waals surface area (Å²) >= 11 is 9.71. The standard InChI is InChI=1S/C14H14BrClN2O2/c1-3-18-13(9-5-7-10(15)8-6-9)11(16)12(17-18)14(19)20-4-2/h5-8H,3-4H2,1-2H3. The molecule has 0 bridgehead atoms. The van der Waals surface area contributed by atoms with Crippen molar-refractivity contribution in [2.75, 3.05) is 6.61 Å². The molecule has 1 heterocycles. The molecule has 20 heavy (non-hydrogen) atoms. The highest BCUT2D eigenvalue weighted by Crippen LogP contribution is 2.32. The third kappa shape index (κ3) is 2.88. The van der Waals surface area contributed by atoms with Crippen molar-refractivity contribution in [1.82, 2.24) is 9.78 Å². The van der Waals surface area contributed by atoms with Gasteiger partial charge >= 0.3 is 5.97 Å². The molecule has 0 atom stereocenters. The summed E-state index contributed by atoms with van der Waals surface area (Å²) in [7, 11) is 0. The van der Waals surface area contributed by atoms with E-state index in [0.717, 1.165) is 15.7 Å². The van der Waals surface area contributed by atoms with E-state index < -0.39 is 5.97 Å². The molecule has 0 saturated carbocycles. The van der Waals surface area contributed by atoms with Crippen LogP contribution in [0.2, 0.25) is 5.02 Å². The van der Waals surface area contributed by atoms with Gasteiger partial charge in [0.2, 0.25) is 0 Å². The lowest BCUT2D eigenvalue weighted by Crippen LogP contribution is -2.07. The van der Waals surface area contributed by atoms with Crippen molar-refractivity contribution >= 4 is 33.5 Å². The van der Waals surface area contributed by atoms with E-state index in [-0.39, 0.29) is 5.69 Å². The van der Waals surface area contributed by atoms with Crippen LogP contribution < -0.4 is 0 Å². The van der Waals surface area contributed by atoms with E-state index in [1.54, 1.807) is 11.6 Å². The van der Waals surface area contributed by atoms with Gasteiger partial charge in [-0.25, -0.2) is 4.79 Å². The summed E-state index contributed by atoms with van der Waals surface area (Å²) < 4.78 is 7.65. The fourth-order valence-corrected chi connectivity index (χ4v) is 2.47. The Kier molecular flexibility index (Phi) is 4.83. The van der Waals surface area contributed by atoms with Crippen molar-refractivity contribution in [3.63, 3.8) is 0 Å². The molecular weight excluding hydrogens is 344 g/mol. The van der Waals surface area contributed by atoms with Gasteiger partial charge in [-0.3, -0.25) is 4.68 Å². The number of esters is 1. The molecule has 0 aliphatic rings. The van der Waals surface area contributed by atoms with Gasteiger partial charge in [-0.15, -0.1) is 0 Å². The highest BCUT2D eigenvalue weighted by atomic mass is 79.9. The monoisotopic (exact) mass is 356 g/mol. The van der Waals surface area contributed by atoms with Gasteiger partial charge in [0, 0.05) is 16.6 Å². The van der Waals surface area contributed by atoms with E-state index in [0.29, 0.717) is 18.2 Å². The molecule has 4 nitrogen and oxygen atoms in total. The third-order valence-electron chi connectivity index (χ3n) is 2.78. The zero-order valence-corrected chi connectivity index (χ0v) is 13.5. The number of rotatable bonds is 4. The number of carbonyl (C=O) groups excluding carboxylic acids is 1. The molecule has 0 saturated heterocycles. The van der Waals surface area contributed by atoms with E-state index in [1.807, 2.05) is 31.2 Å². The second-order valence-corrected chi connectivity index (χ2v) is 5.35. The summed E-state index contributed by atoms with van der Waals surface area (Å²) in [5, 5.41) is 4.57. The van der Waals surface area contributed by atoms with Crippen LogP contribution >= 0.6 is 27.5 Å². The highest BCUT2D eigenvalue weighted by Gasteiger charge is 2.23. The predicted molar refractivity (Wildman–Crippen MR) is 82.0 cm³/mol. The molecule has 0 radical (unpaired) electrons. The summed E-state index contributed by atoms with van der Waals surface area (Å²) in [5.41, 5.74) is 1.79. The van der Waals surface area contributed by atoms with E-state index in [2.05, 4.69) is 21.0 Å². The predicted octanol–water partition coefficient (Wildman–Crippen LogP) is 4.16. The Morgan fingerprint density at radius 3 is 2.55 bits per heavy atom. The first-order valence-electron chi connectivity index (χ1n) is 6.27. The quantitative estimate of drug-likeness (QED) is 0.772. The van der Waals surface area contributed by atoms with Crippen LogP contribution in [0, 0.1) is 0 Å². The number of nitrogens with zero attached hydrogens (tertiary/aromatic N) is 2. The molecule has 0 N–H and O–H groups in total. The number of hydrogen-bond acceptors (Lipinski definition) is 3. The average Bonchev–Trinajstić information content (AvgIpc) is 2.77. The SMILES string of the molecule is CCOC(=O)c1nn(CC)c(-c2ccc(Br)cc2)c1Cl. The van der Waals surface area contributed by atoms with Crippen molar-refractivity contribution in [3.05, 3.63) is 39.5 Å². The second kappa shape index (κ2) is 6.41. The van der Waals surface area contributed by atoms with Gasteiger partial charge in [0.15, 0.2) is 5.69 Å². The molecule has 2 aromatic rings. The molecule has 0 amide bonds. The van der Waals surface area contributed by atoms with Crippen LogP contribution in [-0.2, 0) is 11.3 Å². The Hall–Kier alpha value is -1.33. The van der Waals surface area contributed by atoms with Gasteiger partial charge in [-0.05, 0) is 26.0 Å². The van der Waals surface area contributed by atoms with Gasteiger partial charge in [-0.1, -0.05) is 39.7 Å². The smallest absolute Gasteiger partial charge is 0.360 e. The topological polar surface area (TPSA) is 44.1 Å². The highest BCUT2D eigenvalue weighted by molar-refractivity contribution is 9.10. The van der Waals surface area contributed by atoms with Gasteiger partial charge in [-0.2, -0.15) is 5.10 Å². The van der Waals surface area contributed by atoms with Crippen molar-refractivity contribution < 1.29 is 9.53 Å². The average molecular weight is 358 g/mol. The van der Waals surface area contributed by atoms with Crippen LogP contribution in [0.3, 0.4) is 0 Å². The summed E-state index contributed by atoms with van der Waals surface area (Å²) in [4.78, 5) is 11.8. The Bertz CT molecular complexity index is 623. The number of ether oxygens (including phenoxy) is 1. The number of benzene rings is 1. The lowest BCUT2D eigenvalue weighted by Gasteiger charge is -2.05. The second-order valence-electron chi connectivity index (χ2n) is 4.05. The minimum absolute atomic E-state index is 0.160. The number of aromatic nitrogens is 2.